The fourth-order valence-corrected chi connectivity index (χ4v) is 6.22. The van der Waals surface area contributed by atoms with Crippen LogP contribution in [0.4, 0.5) is 5.13 Å². The number of carbonyl (C=O) groups is 2. The number of benzene rings is 1. The van der Waals surface area contributed by atoms with Gasteiger partial charge in [-0.25, -0.2) is 4.98 Å². The van der Waals surface area contributed by atoms with Gasteiger partial charge in [-0.3, -0.25) is 9.59 Å². The number of amides is 1. The maximum absolute atomic E-state index is 12.9. The van der Waals surface area contributed by atoms with Gasteiger partial charge in [-0.15, -0.1) is 11.3 Å². The number of thiazole rings is 1. The Kier molecular flexibility index (Phi) is 5.83. The third kappa shape index (κ3) is 4.10. The summed E-state index contributed by atoms with van der Waals surface area (Å²) in [5, 5.41) is 5.64. The highest BCUT2D eigenvalue weighted by Gasteiger charge is 2.41. The molecule has 2 bridgehead atoms. The summed E-state index contributed by atoms with van der Waals surface area (Å²) in [6, 6.07) is 10.1. The number of rotatable bonds is 5. The number of aromatic nitrogens is 2. The molecule has 2 atom stereocenters. The van der Waals surface area contributed by atoms with Gasteiger partial charge in [0.1, 0.15) is 11.5 Å². The van der Waals surface area contributed by atoms with Crippen LogP contribution in [0, 0.1) is 31.6 Å². The third-order valence-corrected chi connectivity index (χ3v) is 7.95. The Bertz CT molecular complexity index is 1180. The van der Waals surface area contributed by atoms with Crippen molar-refractivity contribution in [1.82, 2.24) is 9.55 Å². The largest absolute Gasteiger partial charge is 0.497 e. The van der Waals surface area contributed by atoms with Crippen molar-refractivity contribution in [2.45, 2.75) is 46.0 Å². The molecule has 0 spiro atoms. The van der Waals surface area contributed by atoms with Crippen molar-refractivity contribution in [2.24, 2.45) is 17.8 Å². The summed E-state index contributed by atoms with van der Waals surface area (Å²) >= 11 is 1.45. The standard InChI is InChI=1S/C26H29N3O3S/c1-15-11-22(16(2)29(15)20-7-9-21(32-3)10-8-20)23-14-33-26(27-23)28-25(31)19-12-17-5-4-6-18(13-19)24(17)30/h7-11,14,17-19H,4-6,12-13H2,1-3H3,(H,27,28,31). The first kappa shape index (κ1) is 21.9. The summed E-state index contributed by atoms with van der Waals surface area (Å²) in [7, 11) is 1.66. The lowest BCUT2D eigenvalue weighted by molar-refractivity contribution is -0.136. The quantitative estimate of drug-likeness (QED) is 0.538. The molecule has 172 valence electrons. The van der Waals surface area contributed by atoms with Crippen molar-refractivity contribution in [3.05, 3.63) is 47.1 Å². The minimum Gasteiger partial charge on any atom is -0.497 e. The number of aryl methyl sites for hydroxylation is 1. The molecule has 0 saturated heterocycles. The number of nitrogens with zero attached hydrogens (tertiary/aromatic N) is 2. The number of anilines is 1. The summed E-state index contributed by atoms with van der Waals surface area (Å²) < 4.78 is 7.47. The molecule has 3 aromatic rings. The van der Waals surface area contributed by atoms with Crippen LogP contribution in [-0.2, 0) is 9.59 Å². The number of nitrogens with one attached hydrogen (secondary N) is 1. The van der Waals surface area contributed by atoms with E-state index in [4.69, 9.17) is 9.72 Å². The highest BCUT2D eigenvalue weighted by Crippen LogP contribution is 2.40. The van der Waals surface area contributed by atoms with Crippen molar-refractivity contribution in [1.29, 1.82) is 0 Å². The molecule has 2 heterocycles. The zero-order chi connectivity index (χ0) is 23.1. The van der Waals surface area contributed by atoms with E-state index in [0.717, 1.165) is 53.3 Å². The number of hydrogen-bond donors (Lipinski definition) is 1. The molecule has 1 N–H and O–H groups in total. The lowest BCUT2D eigenvalue weighted by Crippen LogP contribution is -2.40. The van der Waals surface area contributed by atoms with Crippen LogP contribution in [0.15, 0.2) is 35.7 Å². The number of ketones is 1. The molecule has 5 rings (SSSR count). The molecule has 2 saturated carbocycles. The van der Waals surface area contributed by atoms with Crippen molar-refractivity contribution in [2.75, 3.05) is 12.4 Å². The van der Waals surface area contributed by atoms with Crippen LogP contribution in [0.1, 0.15) is 43.5 Å². The summed E-state index contributed by atoms with van der Waals surface area (Å²) in [4.78, 5) is 30.0. The van der Waals surface area contributed by atoms with Crippen molar-refractivity contribution < 1.29 is 14.3 Å². The Morgan fingerprint density at radius 1 is 1.15 bits per heavy atom. The van der Waals surface area contributed by atoms with E-state index < -0.39 is 0 Å². The molecular weight excluding hydrogens is 434 g/mol. The smallest absolute Gasteiger partial charge is 0.229 e. The Morgan fingerprint density at radius 2 is 1.85 bits per heavy atom. The summed E-state index contributed by atoms with van der Waals surface area (Å²) in [5.74, 6) is 1.27. The number of Topliss-reactive ketones (excluding diaryl/α,β-unsaturated/α-hetero) is 1. The van der Waals surface area contributed by atoms with Crippen LogP contribution in [0.3, 0.4) is 0 Å². The SMILES string of the molecule is COc1ccc(-n2c(C)cc(-c3csc(NC(=O)C4CC5CCCC(C4)C5=O)n3)c2C)cc1. The molecule has 0 radical (unpaired) electrons. The van der Waals surface area contributed by atoms with Crippen LogP contribution in [0.25, 0.3) is 16.9 Å². The van der Waals surface area contributed by atoms with Gasteiger partial charge >= 0.3 is 0 Å². The molecule has 2 aliphatic rings. The average molecular weight is 464 g/mol. The first-order valence-corrected chi connectivity index (χ1v) is 12.5. The van der Waals surface area contributed by atoms with E-state index in [1.54, 1.807) is 7.11 Å². The van der Waals surface area contributed by atoms with Crippen LogP contribution in [0.5, 0.6) is 5.75 Å². The van der Waals surface area contributed by atoms with E-state index in [2.05, 4.69) is 29.8 Å². The van der Waals surface area contributed by atoms with E-state index in [9.17, 15) is 9.59 Å². The summed E-state index contributed by atoms with van der Waals surface area (Å²) in [5.41, 5.74) is 5.19. The first-order chi connectivity index (χ1) is 15.9. The van der Waals surface area contributed by atoms with E-state index in [1.165, 1.54) is 11.3 Å². The summed E-state index contributed by atoms with van der Waals surface area (Å²) in [6.07, 6.45) is 4.35. The van der Waals surface area contributed by atoms with E-state index in [0.29, 0.717) is 23.8 Å². The van der Waals surface area contributed by atoms with Gasteiger partial charge < -0.3 is 14.6 Å². The average Bonchev–Trinajstić information content (AvgIpc) is 3.37. The Labute approximate surface area is 198 Å². The molecule has 0 aliphatic heterocycles. The topological polar surface area (TPSA) is 73.2 Å². The molecule has 1 amide bonds. The van der Waals surface area contributed by atoms with Gasteiger partial charge in [0.15, 0.2) is 5.13 Å². The molecule has 6 nitrogen and oxygen atoms in total. The van der Waals surface area contributed by atoms with Gasteiger partial charge in [-0.2, -0.15) is 0 Å². The van der Waals surface area contributed by atoms with Crippen molar-refractivity contribution >= 4 is 28.2 Å². The highest BCUT2D eigenvalue weighted by atomic mass is 32.1. The van der Waals surface area contributed by atoms with Gasteiger partial charge in [0.05, 0.1) is 12.8 Å². The lowest BCUT2D eigenvalue weighted by atomic mass is 9.67. The minimum atomic E-state index is -0.0921. The fraction of sp³-hybridized carbons (Fsp3) is 0.423. The first-order valence-electron chi connectivity index (χ1n) is 11.6. The molecular formula is C26H29N3O3S. The molecule has 2 fully saturated rings. The van der Waals surface area contributed by atoms with Crippen molar-refractivity contribution in [3.63, 3.8) is 0 Å². The van der Waals surface area contributed by atoms with Crippen LogP contribution >= 0.6 is 11.3 Å². The van der Waals surface area contributed by atoms with E-state index >= 15 is 0 Å². The van der Waals surface area contributed by atoms with Gasteiger partial charge in [0.2, 0.25) is 5.91 Å². The highest BCUT2D eigenvalue weighted by molar-refractivity contribution is 7.14. The normalized spacial score (nSPS) is 22.3. The second kappa shape index (κ2) is 8.78. The summed E-state index contributed by atoms with van der Waals surface area (Å²) in [6.45, 7) is 4.17. The van der Waals surface area contributed by atoms with E-state index in [-0.39, 0.29) is 23.7 Å². The zero-order valence-electron chi connectivity index (χ0n) is 19.3. The molecule has 2 aromatic heterocycles. The third-order valence-electron chi connectivity index (χ3n) is 7.19. The molecule has 2 aliphatic carbocycles. The molecule has 7 heteroatoms. The number of ether oxygens (including phenoxy) is 1. The molecule has 1 aromatic carbocycles. The Hall–Kier alpha value is -2.93. The van der Waals surface area contributed by atoms with Crippen LogP contribution in [0.2, 0.25) is 0 Å². The number of carbonyl (C=O) groups excluding carboxylic acids is 2. The maximum Gasteiger partial charge on any atom is 0.229 e. The van der Waals surface area contributed by atoms with Gasteiger partial charge in [-0.1, -0.05) is 6.42 Å². The predicted octanol–water partition coefficient (Wildman–Crippen LogP) is 5.56. The Balaban J connectivity index is 1.33. The van der Waals surface area contributed by atoms with Gasteiger partial charge in [0.25, 0.3) is 0 Å². The number of fused-ring (bicyclic) bond motifs is 2. The second-order valence-corrected chi connectivity index (χ2v) is 10.1. The predicted molar refractivity (Wildman–Crippen MR) is 130 cm³/mol. The van der Waals surface area contributed by atoms with Gasteiger partial charge in [-0.05, 0) is 69.9 Å². The van der Waals surface area contributed by atoms with Crippen LogP contribution in [-0.4, -0.2) is 28.4 Å². The fourth-order valence-electron chi connectivity index (χ4n) is 5.51. The van der Waals surface area contributed by atoms with Crippen LogP contribution < -0.4 is 10.1 Å². The number of hydrogen-bond acceptors (Lipinski definition) is 5. The molecule has 2 unspecified atom stereocenters. The molecule has 33 heavy (non-hydrogen) atoms. The van der Waals surface area contributed by atoms with Gasteiger partial charge in [0, 0.05) is 45.8 Å². The van der Waals surface area contributed by atoms with Crippen molar-refractivity contribution in [3.8, 4) is 22.7 Å². The minimum absolute atomic E-state index is 0.00371. The lowest BCUT2D eigenvalue weighted by Gasteiger charge is -2.36. The zero-order valence-corrected chi connectivity index (χ0v) is 20.1. The number of methoxy groups -OCH3 is 1. The second-order valence-electron chi connectivity index (χ2n) is 9.24. The Morgan fingerprint density at radius 3 is 2.52 bits per heavy atom. The maximum atomic E-state index is 12.9. The van der Waals surface area contributed by atoms with E-state index in [1.807, 2.05) is 29.6 Å². The monoisotopic (exact) mass is 463 g/mol.